The molecule has 0 aliphatic carbocycles. The molecular formula is C23H30ClN3O2. The molecule has 0 saturated carbocycles. The average molecular weight is 416 g/mol. The lowest BCUT2D eigenvalue weighted by atomic mass is 10.0. The van der Waals surface area contributed by atoms with E-state index in [0.29, 0.717) is 13.0 Å². The number of halogens is 1. The number of hydrogen-bond donors (Lipinski definition) is 2. The van der Waals surface area contributed by atoms with Gasteiger partial charge in [0.2, 0.25) is 11.8 Å². The molecule has 2 N–H and O–H groups in total. The van der Waals surface area contributed by atoms with E-state index in [-0.39, 0.29) is 30.3 Å². The second-order valence-electron chi connectivity index (χ2n) is 7.52. The minimum absolute atomic E-state index is 0. The third-order valence-corrected chi connectivity index (χ3v) is 5.74. The fourth-order valence-electron chi connectivity index (χ4n) is 3.59. The van der Waals surface area contributed by atoms with Gasteiger partial charge in [0.25, 0.3) is 0 Å². The summed E-state index contributed by atoms with van der Waals surface area (Å²) in [6.07, 6.45) is 1.35. The van der Waals surface area contributed by atoms with Gasteiger partial charge in [-0.1, -0.05) is 36.4 Å². The number of carbonyl (C=O) groups excluding carboxylic acids is 2. The Kier molecular flexibility index (Phi) is 7.82. The monoisotopic (exact) mass is 415 g/mol. The maximum absolute atomic E-state index is 13.4. The molecule has 1 heterocycles. The lowest BCUT2D eigenvalue weighted by Gasteiger charge is -2.28. The van der Waals surface area contributed by atoms with Gasteiger partial charge in [-0.3, -0.25) is 9.59 Å². The summed E-state index contributed by atoms with van der Waals surface area (Å²) in [5.41, 5.74) is 5.60. The van der Waals surface area contributed by atoms with E-state index in [9.17, 15) is 9.59 Å². The number of nitrogens with zero attached hydrogens (tertiary/aromatic N) is 1. The summed E-state index contributed by atoms with van der Waals surface area (Å²) >= 11 is 0. The van der Waals surface area contributed by atoms with E-state index in [1.54, 1.807) is 14.0 Å². The first-order valence-corrected chi connectivity index (χ1v) is 9.84. The van der Waals surface area contributed by atoms with Crippen molar-refractivity contribution in [1.29, 1.82) is 0 Å². The van der Waals surface area contributed by atoms with Crippen molar-refractivity contribution in [3.05, 3.63) is 64.7 Å². The molecular weight excluding hydrogens is 386 g/mol. The lowest BCUT2D eigenvalue weighted by Crippen LogP contribution is -2.52. The first-order valence-electron chi connectivity index (χ1n) is 9.84. The van der Waals surface area contributed by atoms with Crippen LogP contribution in [0.2, 0.25) is 0 Å². The summed E-state index contributed by atoms with van der Waals surface area (Å²) in [5.74, 6) is -0.207. The van der Waals surface area contributed by atoms with Crippen molar-refractivity contribution < 1.29 is 9.59 Å². The number of hydrogen-bond acceptors (Lipinski definition) is 3. The number of nitrogens with one attached hydrogen (secondary N) is 2. The van der Waals surface area contributed by atoms with Crippen LogP contribution in [-0.4, -0.2) is 30.9 Å². The van der Waals surface area contributed by atoms with Crippen LogP contribution in [-0.2, 0) is 22.6 Å². The molecule has 2 atom stereocenters. The van der Waals surface area contributed by atoms with Crippen molar-refractivity contribution >= 4 is 29.9 Å². The predicted molar refractivity (Wildman–Crippen MR) is 120 cm³/mol. The third kappa shape index (κ3) is 4.98. The van der Waals surface area contributed by atoms with Crippen molar-refractivity contribution in [2.24, 2.45) is 0 Å². The molecule has 29 heavy (non-hydrogen) atoms. The topological polar surface area (TPSA) is 61.4 Å². The van der Waals surface area contributed by atoms with Crippen molar-refractivity contribution in [2.75, 3.05) is 11.9 Å². The molecule has 0 radical (unpaired) electrons. The number of anilines is 1. The van der Waals surface area contributed by atoms with Gasteiger partial charge in [-0.25, -0.2) is 0 Å². The summed E-state index contributed by atoms with van der Waals surface area (Å²) in [7, 11) is 1.74. The molecule has 0 spiro atoms. The SMILES string of the molecule is CN[C@@H](C)C(=O)N[C@H]1CCc2ccccc2N(Cc2cccc(C)c2C)C1=O.Cl. The first kappa shape index (κ1) is 22.9. The van der Waals surface area contributed by atoms with Crippen LogP contribution in [0.1, 0.15) is 35.6 Å². The lowest BCUT2D eigenvalue weighted by molar-refractivity contribution is -0.128. The van der Waals surface area contributed by atoms with Gasteiger partial charge >= 0.3 is 0 Å². The molecule has 6 heteroatoms. The number of amides is 2. The number of rotatable bonds is 5. The van der Waals surface area contributed by atoms with Gasteiger partial charge in [0.05, 0.1) is 12.6 Å². The maximum atomic E-state index is 13.4. The fraction of sp³-hybridized carbons (Fsp3) is 0.391. The molecule has 1 aliphatic rings. The quantitative estimate of drug-likeness (QED) is 0.787. The third-order valence-electron chi connectivity index (χ3n) is 5.74. The van der Waals surface area contributed by atoms with Gasteiger partial charge in [-0.2, -0.15) is 0 Å². The van der Waals surface area contributed by atoms with Crippen molar-refractivity contribution in [2.45, 2.75) is 52.2 Å². The smallest absolute Gasteiger partial charge is 0.249 e. The molecule has 156 valence electrons. The summed E-state index contributed by atoms with van der Waals surface area (Å²) in [6.45, 7) is 6.46. The number of fused-ring (bicyclic) bond motifs is 1. The van der Waals surface area contributed by atoms with Gasteiger partial charge < -0.3 is 15.5 Å². The molecule has 2 aromatic carbocycles. The van der Waals surface area contributed by atoms with E-state index in [1.807, 2.05) is 29.2 Å². The normalized spacial score (nSPS) is 17.0. The largest absolute Gasteiger partial charge is 0.343 e. The highest BCUT2D eigenvalue weighted by Gasteiger charge is 2.32. The van der Waals surface area contributed by atoms with Gasteiger partial charge in [0.1, 0.15) is 6.04 Å². The van der Waals surface area contributed by atoms with E-state index < -0.39 is 6.04 Å². The van der Waals surface area contributed by atoms with Crippen LogP contribution in [0.5, 0.6) is 0 Å². The highest BCUT2D eigenvalue weighted by Crippen LogP contribution is 2.29. The second kappa shape index (κ2) is 9.90. The van der Waals surface area contributed by atoms with E-state index in [0.717, 1.165) is 23.2 Å². The number of carbonyl (C=O) groups is 2. The average Bonchev–Trinajstić information content (AvgIpc) is 2.82. The summed E-state index contributed by atoms with van der Waals surface area (Å²) in [5, 5.41) is 5.87. The van der Waals surface area contributed by atoms with Crippen LogP contribution in [0.3, 0.4) is 0 Å². The standard InChI is InChI=1S/C23H29N3O2.ClH/c1-15-8-7-10-19(16(15)2)14-26-21-11-6-5-9-18(21)12-13-20(23(26)28)25-22(27)17(3)24-4;/h5-11,17,20,24H,12-14H2,1-4H3,(H,25,27);1H/t17-,20-;/m0./s1. The summed E-state index contributed by atoms with van der Waals surface area (Å²) < 4.78 is 0. The molecule has 0 unspecified atom stereocenters. The van der Waals surface area contributed by atoms with Crippen LogP contribution >= 0.6 is 12.4 Å². The van der Waals surface area contributed by atoms with Crippen molar-refractivity contribution in [3.8, 4) is 0 Å². The minimum atomic E-state index is -0.527. The number of aryl methyl sites for hydroxylation is 2. The van der Waals surface area contributed by atoms with E-state index >= 15 is 0 Å². The maximum Gasteiger partial charge on any atom is 0.249 e. The Morgan fingerprint density at radius 1 is 1.17 bits per heavy atom. The molecule has 1 aliphatic heterocycles. The first-order chi connectivity index (χ1) is 13.4. The summed E-state index contributed by atoms with van der Waals surface area (Å²) in [4.78, 5) is 27.7. The van der Waals surface area contributed by atoms with Crippen LogP contribution in [0.25, 0.3) is 0 Å². The van der Waals surface area contributed by atoms with Crippen LogP contribution in [0.15, 0.2) is 42.5 Å². The highest BCUT2D eigenvalue weighted by atomic mass is 35.5. The molecule has 2 amide bonds. The minimum Gasteiger partial charge on any atom is -0.343 e. The van der Waals surface area contributed by atoms with E-state index in [2.05, 4.69) is 42.7 Å². The number of likely N-dealkylation sites (N-methyl/N-ethyl adjacent to an activating group) is 1. The Morgan fingerprint density at radius 3 is 2.62 bits per heavy atom. The van der Waals surface area contributed by atoms with E-state index in [4.69, 9.17) is 0 Å². The second-order valence-corrected chi connectivity index (χ2v) is 7.52. The van der Waals surface area contributed by atoms with Gasteiger partial charge in [-0.05, 0) is 69.0 Å². The molecule has 0 bridgehead atoms. The predicted octanol–water partition coefficient (Wildman–Crippen LogP) is 3.30. The molecule has 5 nitrogen and oxygen atoms in total. The van der Waals surface area contributed by atoms with Crippen molar-refractivity contribution in [3.63, 3.8) is 0 Å². The fourth-order valence-corrected chi connectivity index (χ4v) is 3.59. The Labute approximate surface area is 179 Å². The molecule has 3 rings (SSSR count). The van der Waals surface area contributed by atoms with Crippen LogP contribution in [0.4, 0.5) is 5.69 Å². The summed E-state index contributed by atoms with van der Waals surface area (Å²) in [6, 6.07) is 13.3. The van der Waals surface area contributed by atoms with Gasteiger partial charge in [0, 0.05) is 5.69 Å². The zero-order valence-corrected chi connectivity index (χ0v) is 18.3. The molecule has 0 aromatic heterocycles. The van der Waals surface area contributed by atoms with Gasteiger partial charge in [-0.15, -0.1) is 12.4 Å². The molecule has 2 aromatic rings. The molecule has 0 fully saturated rings. The number of para-hydroxylation sites is 1. The Hall–Kier alpha value is -2.37. The van der Waals surface area contributed by atoms with Crippen LogP contribution in [0, 0.1) is 13.8 Å². The Bertz CT molecular complexity index is 884. The van der Waals surface area contributed by atoms with E-state index in [1.165, 1.54) is 11.1 Å². The van der Waals surface area contributed by atoms with Crippen molar-refractivity contribution in [1.82, 2.24) is 10.6 Å². The zero-order valence-electron chi connectivity index (χ0n) is 17.5. The van der Waals surface area contributed by atoms with Crippen LogP contribution < -0.4 is 15.5 Å². The Balaban J connectivity index is 0.00000300. The number of benzene rings is 2. The molecule has 0 saturated heterocycles. The zero-order chi connectivity index (χ0) is 20.3. The van der Waals surface area contributed by atoms with Gasteiger partial charge in [0.15, 0.2) is 0 Å². The Morgan fingerprint density at radius 2 is 1.90 bits per heavy atom. The highest BCUT2D eigenvalue weighted by molar-refractivity contribution is 6.00.